The average Bonchev–Trinajstić information content (AvgIpc) is 3.32. The van der Waals surface area contributed by atoms with Crippen molar-refractivity contribution in [1.82, 2.24) is 4.57 Å². The lowest BCUT2D eigenvalue weighted by Gasteiger charge is -2.33. The Balaban J connectivity index is 1.94. The molecule has 1 saturated carbocycles. The highest BCUT2D eigenvalue weighted by Crippen LogP contribution is 2.43. The smallest absolute Gasteiger partial charge is 0.341 e. The highest BCUT2D eigenvalue weighted by Gasteiger charge is 2.40. The highest BCUT2D eigenvalue weighted by molar-refractivity contribution is 6.38. The average molecular weight is 379 g/mol. The fourth-order valence-corrected chi connectivity index (χ4v) is 4.29. The van der Waals surface area contributed by atoms with Gasteiger partial charge in [0.25, 0.3) is 0 Å². The second-order valence-electron chi connectivity index (χ2n) is 7.39. The molecule has 3 atom stereocenters. The third-order valence-electron chi connectivity index (χ3n) is 5.38. The molecular weight excluding hydrogens is 359 g/mol. The predicted octanol–water partition coefficient (Wildman–Crippen LogP) is 3.87. The molecule has 1 N–H and O–H groups in total. The van der Waals surface area contributed by atoms with Gasteiger partial charge in [-0.3, -0.25) is 4.79 Å². The van der Waals surface area contributed by atoms with E-state index in [9.17, 15) is 19.1 Å². The van der Waals surface area contributed by atoms with Crippen molar-refractivity contribution in [1.29, 1.82) is 0 Å². The molecule has 138 valence electrons. The molecule has 7 heteroatoms. The van der Waals surface area contributed by atoms with Crippen LogP contribution in [0, 0.1) is 5.92 Å². The topological polar surface area (TPSA) is 62.5 Å². The standard InChI is InChI=1S/C19H20ClFN2O3/c1-10-3-2-6-22(8-10)14-5-4-11-17(16(14)20)23(15-7-13(15)21)9-12(18(11)24)19(25)26/h4-5,9-10,13,15H,2-3,6-8H2,1H3,(H,25,26). The number of piperidine rings is 1. The first-order valence-electron chi connectivity index (χ1n) is 8.88. The summed E-state index contributed by atoms with van der Waals surface area (Å²) in [5.41, 5.74) is 0.313. The van der Waals surface area contributed by atoms with Gasteiger partial charge in [0.05, 0.1) is 22.3 Å². The lowest BCUT2D eigenvalue weighted by atomic mass is 9.99. The third kappa shape index (κ3) is 2.76. The van der Waals surface area contributed by atoms with Crippen molar-refractivity contribution in [2.45, 2.75) is 38.4 Å². The first kappa shape index (κ1) is 17.3. The van der Waals surface area contributed by atoms with E-state index in [0.717, 1.165) is 25.2 Å². The second kappa shape index (κ2) is 6.27. The molecule has 4 rings (SSSR count). The van der Waals surface area contributed by atoms with Gasteiger partial charge >= 0.3 is 5.97 Å². The fraction of sp³-hybridized carbons (Fsp3) is 0.474. The van der Waals surface area contributed by atoms with Crippen LogP contribution in [0.15, 0.2) is 23.1 Å². The zero-order valence-corrected chi connectivity index (χ0v) is 15.2. The van der Waals surface area contributed by atoms with Crippen molar-refractivity contribution in [2.24, 2.45) is 5.92 Å². The molecule has 2 aliphatic rings. The molecule has 2 heterocycles. The van der Waals surface area contributed by atoms with E-state index in [1.54, 1.807) is 16.7 Å². The fourth-order valence-electron chi connectivity index (χ4n) is 3.90. The van der Waals surface area contributed by atoms with E-state index in [4.69, 9.17) is 11.6 Å². The van der Waals surface area contributed by atoms with E-state index < -0.39 is 23.6 Å². The molecule has 1 aromatic heterocycles. The minimum Gasteiger partial charge on any atom is -0.477 e. The molecule has 2 aromatic rings. The minimum atomic E-state index is -1.31. The number of rotatable bonds is 3. The molecule has 2 fully saturated rings. The number of alkyl halides is 1. The molecule has 0 radical (unpaired) electrons. The number of hydrogen-bond acceptors (Lipinski definition) is 3. The summed E-state index contributed by atoms with van der Waals surface area (Å²) in [6, 6.07) is 2.93. The van der Waals surface area contributed by atoms with Crippen LogP contribution in [0.25, 0.3) is 10.9 Å². The Morgan fingerprint density at radius 2 is 2.12 bits per heavy atom. The van der Waals surface area contributed by atoms with Crippen LogP contribution in [0.2, 0.25) is 5.02 Å². The first-order valence-corrected chi connectivity index (χ1v) is 9.26. The molecule has 26 heavy (non-hydrogen) atoms. The van der Waals surface area contributed by atoms with Gasteiger partial charge in [-0.05, 0) is 30.9 Å². The number of aromatic carboxylic acids is 1. The van der Waals surface area contributed by atoms with Gasteiger partial charge in [-0.1, -0.05) is 18.5 Å². The number of benzene rings is 1. The Morgan fingerprint density at radius 3 is 2.73 bits per heavy atom. The van der Waals surface area contributed by atoms with Crippen molar-refractivity contribution in [3.8, 4) is 0 Å². The molecule has 0 bridgehead atoms. The Morgan fingerprint density at radius 1 is 1.38 bits per heavy atom. The van der Waals surface area contributed by atoms with Crippen molar-refractivity contribution in [3.05, 3.63) is 39.1 Å². The SMILES string of the molecule is CC1CCCN(c2ccc3c(=O)c(C(=O)O)cn(C4CC4F)c3c2Cl)C1. The summed E-state index contributed by atoms with van der Waals surface area (Å²) in [5, 5.41) is 9.94. The molecule has 1 saturated heterocycles. The summed E-state index contributed by atoms with van der Waals surface area (Å²) in [4.78, 5) is 26.2. The summed E-state index contributed by atoms with van der Waals surface area (Å²) in [7, 11) is 0. The highest BCUT2D eigenvalue weighted by atomic mass is 35.5. The molecule has 1 aromatic carbocycles. The number of fused-ring (bicyclic) bond motifs is 1. The molecule has 1 aliphatic carbocycles. The predicted molar refractivity (Wildman–Crippen MR) is 99.3 cm³/mol. The van der Waals surface area contributed by atoms with Crippen LogP contribution < -0.4 is 10.3 Å². The zero-order chi connectivity index (χ0) is 18.6. The van der Waals surface area contributed by atoms with Gasteiger partial charge in [0.2, 0.25) is 5.43 Å². The maximum Gasteiger partial charge on any atom is 0.341 e. The Labute approximate surface area is 155 Å². The Kier molecular flexibility index (Phi) is 4.18. The summed E-state index contributed by atoms with van der Waals surface area (Å²) in [6.07, 6.45) is 2.73. The van der Waals surface area contributed by atoms with Gasteiger partial charge in [-0.25, -0.2) is 9.18 Å². The van der Waals surface area contributed by atoms with Crippen LogP contribution in [0.3, 0.4) is 0 Å². The number of halogens is 2. The van der Waals surface area contributed by atoms with Crippen molar-refractivity contribution in [2.75, 3.05) is 18.0 Å². The van der Waals surface area contributed by atoms with E-state index in [2.05, 4.69) is 11.8 Å². The molecule has 0 spiro atoms. The number of hydrogen-bond donors (Lipinski definition) is 1. The van der Waals surface area contributed by atoms with Crippen LogP contribution in [-0.4, -0.2) is 34.9 Å². The van der Waals surface area contributed by atoms with Gasteiger partial charge in [0.1, 0.15) is 11.7 Å². The monoisotopic (exact) mass is 378 g/mol. The number of nitrogens with zero attached hydrogens (tertiary/aromatic N) is 2. The van der Waals surface area contributed by atoms with Gasteiger partial charge in [-0.2, -0.15) is 0 Å². The van der Waals surface area contributed by atoms with Gasteiger partial charge in [-0.15, -0.1) is 0 Å². The summed E-state index contributed by atoms with van der Waals surface area (Å²) in [5.74, 6) is -0.766. The van der Waals surface area contributed by atoms with Crippen LogP contribution >= 0.6 is 11.6 Å². The first-order chi connectivity index (χ1) is 12.4. The second-order valence-corrected chi connectivity index (χ2v) is 7.77. The van der Waals surface area contributed by atoms with E-state index in [-0.39, 0.29) is 10.9 Å². The van der Waals surface area contributed by atoms with E-state index in [1.165, 1.54) is 12.6 Å². The number of carboxylic acid groups (broad SMARTS) is 1. The van der Waals surface area contributed by atoms with Crippen LogP contribution in [0.5, 0.6) is 0 Å². The normalized spacial score (nSPS) is 25.5. The molecule has 3 unspecified atom stereocenters. The number of carboxylic acids is 1. The van der Waals surface area contributed by atoms with Gasteiger partial charge in [0, 0.05) is 31.1 Å². The van der Waals surface area contributed by atoms with E-state index in [1.807, 2.05) is 0 Å². The van der Waals surface area contributed by atoms with Crippen molar-refractivity contribution < 1.29 is 14.3 Å². The van der Waals surface area contributed by atoms with Crippen molar-refractivity contribution in [3.63, 3.8) is 0 Å². The molecule has 1 aliphatic heterocycles. The molecule has 5 nitrogen and oxygen atoms in total. The van der Waals surface area contributed by atoms with Crippen molar-refractivity contribution >= 4 is 34.2 Å². The van der Waals surface area contributed by atoms with E-state index >= 15 is 0 Å². The molecular formula is C19H20ClFN2O3. The summed E-state index contributed by atoms with van der Waals surface area (Å²) in [6.45, 7) is 3.94. The third-order valence-corrected chi connectivity index (χ3v) is 5.75. The Bertz CT molecular complexity index is 958. The summed E-state index contributed by atoms with van der Waals surface area (Å²) < 4.78 is 15.3. The summed E-state index contributed by atoms with van der Waals surface area (Å²) >= 11 is 6.68. The van der Waals surface area contributed by atoms with Crippen LogP contribution in [0.4, 0.5) is 10.1 Å². The quantitative estimate of drug-likeness (QED) is 0.880. The largest absolute Gasteiger partial charge is 0.477 e. The van der Waals surface area contributed by atoms with E-state index in [0.29, 0.717) is 22.9 Å². The maximum atomic E-state index is 13.8. The number of aromatic nitrogens is 1. The number of anilines is 1. The number of carbonyl (C=O) groups is 1. The Hall–Kier alpha value is -2.08. The lowest BCUT2D eigenvalue weighted by molar-refractivity contribution is 0.0694. The van der Waals surface area contributed by atoms with Gasteiger partial charge in [0.15, 0.2) is 0 Å². The minimum absolute atomic E-state index is 0.225. The van der Waals surface area contributed by atoms with Gasteiger partial charge < -0.3 is 14.6 Å². The molecule has 0 amide bonds. The lowest BCUT2D eigenvalue weighted by Crippen LogP contribution is -2.34. The maximum absolute atomic E-state index is 13.8. The number of pyridine rings is 1. The van der Waals surface area contributed by atoms with Crippen LogP contribution in [0.1, 0.15) is 42.6 Å². The van der Waals surface area contributed by atoms with Crippen LogP contribution in [-0.2, 0) is 0 Å². The zero-order valence-electron chi connectivity index (χ0n) is 14.4.